The maximum atomic E-state index is 11.7. The molecule has 0 aliphatic rings. The number of rotatable bonds is 4. The quantitative estimate of drug-likeness (QED) is 0.673. The van der Waals surface area contributed by atoms with E-state index in [0.717, 1.165) is 16.8 Å². The lowest BCUT2D eigenvalue weighted by Crippen LogP contribution is -2.28. The van der Waals surface area contributed by atoms with Crippen molar-refractivity contribution >= 4 is 11.7 Å². The number of nitrogens with one attached hydrogen (secondary N) is 3. The molecule has 1 aromatic heterocycles. The highest BCUT2D eigenvalue weighted by Crippen LogP contribution is 2.15. The van der Waals surface area contributed by atoms with Crippen LogP contribution >= 0.6 is 0 Å². The molecule has 0 aliphatic carbocycles. The van der Waals surface area contributed by atoms with E-state index in [1.165, 1.54) is 0 Å². The van der Waals surface area contributed by atoms with E-state index in [1.807, 2.05) is 31.2 Å². The minimum absolute atomic E-state index is 0.0595. The predicted molar refractivity (Wildman–Crippen MR) is 73.5 cm³/mol. The summed E-state index contributed by atoms with van der Waals surface area (Å²) in [6.45, 7) is 2.33. The highest BCUT2D eigenvalue weighted by Gasteiger charge is 2.04. The van der Waals surface area contributed by atoms with Crippen LogP contribution in [0.5, 0.6) is 0 Å². The number of urea groups is 1. The molecule has 1 aromatic carbocycles. The number of nitrogens with zero attached hydrogens (tertiary/aromatic N) is 1. The van der Waals surface area contributed by atoms with Gasteiger partial charge in [-0.2, -0.15) is 5.10 Å². The Bertz CT molecular complexity index is 536. The number of nitrogens with two attached hydrogens (primary N) is 1. The fourth-order valence-corrected chi connectivity index (χ4v) is 1.63. The van der Waals surface area contributed by atoms with Crippen LogP contribution in [0.25, 0.3) is 0 Å². The second-order valence-corrected chi connectivity index (χ2v) is 4.33. The van der Waals surface area contributed by atoms with Crippen LogP contribution in [0.2, 0.25) is 0 Å². The van der Waals surface area contributed by atoms with Gasteiger partial charge in [-0.3, -0.25) is 5.10 Å². The van der Waals surface area contributed by atoms with Crippen molar-refractivity contribution in [2.24, 2.45) is 5.73 Å². The number of benzene rings is 1. The average Bonchev–Trinajstić information content (AvgIpc) is 2.90. The van der Waals surface area contributed by atoms with E-state index < -0.39 is 0 Å². The summed E-state index contributed by atoms with van der Waals surface area (Å²) >= 11 is 0. The topological polar surface area (TPSA) is 95.8 Å². The van der Waals surface area contributed by atoms with Crippen molar-refractivity contribution in [1.82, 2.24) is 15.5 Å². The molecule has 2 aromatic rings. The van der Waals surface area contributed by atoms with E-state index in [9.17, 15) is 4.79 Å². The van der Waals surface area contributed by atoms with Gasteiger partial charge in [0.2, 0.25) is 0 Å². The molecule has 1 unspecified atom stereocenters. The Balaban J connectivity index is 1.89. The highest BCUT2D eigenvalue weighted by molar-refractivity contribution is 5.89. The molecule has 6 heteroatoms. The van der Waals surface area contributed by atoms with Gasteiger partial charge in [0.05, 0.1) is 6.20 Å². The SMILES string of the molecule is CC(N)c1cccc(NC(=O)NCc2cn[nH]c2)c1. The monoisotopic (exact) mass is 259 g/mol. The summed E-state index contributed by atoms with van der Waals surface area (Å²) in [6.07, 6.45) is 3.40. The van der Waals surface area contributed by atoms with Gasteiger partial charge >= 0.3 is 6.03 Å². The second kappa shape index (κ2) is 6.01. The number of hydrogen-bond acceptors (Lipinski definition) is 3. The molecule has 6 nitrogen and oxygen atoms in total. The molecule has 0 fully saturated rings. The summed E-state index contributed by atoms with van der Waals surface area (Å²) < 4.78 is 0. The van der Waals surface area contributed by atoms with Crippen LogP contribution in [0.15, 0.2) is 36.7 Å². The molecule has 2 rings (SSSR count). The molecule has 0 radical (unpaired) electrons. The normalized spacial score (nSPS) is 11.9. The van der Waals surface area contributed by atoms with Crippen LogP contribution in [0.3, 0.4) is 0 Å². The summed E-state index contributed by atoms with van der Waals surface area (Å²) in [5.74, 6) is 0. The molecule has 0 aliphatic heterocycles. The Morgan fingerprint density at radius 1 is 1.53 bits per heavy atom. The van der Waals surface area contributed by atoms with Crippen LogP contribution < -0.4 is 16.4 Å². The molecule has 0 bridgehead atoms. The zero-order valence-corrected chi connectivity index (χ0v) is 10.7. The smallest absolute Gasteiger partial charge is 0.319 e. The average molecular weight is 259 g/mol. The third kappa shape index (κ3) is 3.82. The van der Waals surface area contributed by atoms with Gasteiger partial charge in [0.25, 0.3) is 0 Å². The molecule has 0 saturated carbocycles. The first-order chi connectivity index (χ1) is 9.15. The van der Waals surface area contributed by atoms with Gasteiger partial charge in [-0.1, -0.05) is 12.1 Å². The highest BCUT2D eigenvalue weighted by atomic mass is 16.2. The minimum Gasteiger partial charge on any atom is -0.334 e. The first-order valence-corrected chi connectivity index (χ1v) is 6.03. The van der Waals surface area contributed by atoms with Crippen LogP contribution in [0.4, 0.5) is 10.5 Å². The third-order valence-corrected chi connectivity index (χ3v) is 2.68. The van der Waals surface area contributed by atoms with E-state index >= 15 is 0 Å². The number of anilines is 1. The molecule has 1 heterocycles. The Morgan fingerprint density at radius 3 is 3.05 bits per heavy atom. The molecule has 100 valence electrons. The molecular weight excluding hydrogens is 242 g/mol. The van der Waals surface area contributed by atoms with Gasteiger partial charge < -0.3 is 16.4 Å². The van der Waals surface area contributed by atoms with Gasteiger partial charge in [-0.15, -0.1) is 0 Å². The third-order valence-electron chi connectivity index (χ3n) is 2.68. The maximum Gasteiger partial charge on any atom is 0.319 e. The number of amides is 2. The summed E-state index contributed by atoms with van der Waals surface area (Å²) in [6, 6.07) is 7.16. The fraction of sp³-hybridized carbons (Fsp3) is 0.231. The molecule has 2 amide bonds. The van der Waals surface area contributed by atoms with Crippen molar-refractivity contribution in [1.29, 1.82) is 0 Å². The van der Waals surface area contributed by atoms with Crippen LogP contribution in [-0.4, -0.2) is 16.2 Å². The molecular formula is C13H17N5O. The molecule has 0 spiro atoms. The van der Waals surface area contributed by atoms with Crippen LogP contribution in [0.1, 0.15) is 24.1 Å². The van der Waals surface area contributed by atoms with Crippen molar-refractivity contribution < 1.29 is 4.79 Å². The van der Waals surface area contributed by atoms with Crippen LogP contribution in [-0.2, 0) is 6.54 Å². The number of aromatic amines is 1. The van der Waals surface area contributed by atoms with Crippen molar-refractivity contribution in [3.63, 3.8) is 0 Å². The van der Waals surface area contributed by atoms with Gasteiger partial charge in [0.1, 0.15) is 0 Å². The fourth-order valence-electron chi connectivity index (χ4n) is 1.63. The Morgan fingerprint density at radius 2 is 2.37 bits per heavy atom. The number of hydrogen-bond donors (Lipinski definition) is 4. The molecule has 19 heavy (non-hydrogen) atoms. The number of carbonyl (C=O) groups excluding carboxylic acids is 1. The Hall–Kier alpha value is -2.34. The Kier molecular flexibility index (Phi) is 4.15. The lowest BCUT2D eigenvalue weighted by atomic mass is 10.1. The van der Waals surface area contributed by atoms with Gasteiger partial charge in [0, 0.05) is 30.0 Å². The predicted octanol–water partition coefficient (Wildman–Crippen LogP) is 1.75. The van der Waals surface area contributed by atoms with Gasteiger partial charge in [-0.05, 0) is 24.6 Å². The second-order valence-electron chi connectivity index (χ2n) is 4.33. The molecule has 5 N–H and O–H groups in total. The zero-order chi connectivity index (χ0) is 13.7. The van der Waals surface area contributed by atoms with E-state index in [-0.39, 0.29) is 12.1 Å². The summed E-state index contributed by atoms with van der Waals surface area (Å²) in [4.78, 5) is 11.7. The van der Waals surface area contributed by atoms with Crippen molar-refractivity contribution in [3.05, 3.63) is 47.8 Å². The van der Waals surface area contributed by atoms with Crippen LogP contribution in [0, 0.1) is 0 Å². The van der Waals surface area contributed by atoms with E-state index in [1.54, 1.807) is 12.4 Å². The lowest BCUT2D eigenvalue weighted by Gasteiger charge is -2.10. The van der Waals surface area contributed by atoms with E-state index in [2.05, 4.69) is 20.8 Å². The number of carbonyl (C=O) groups is 1. The lowest BCUT2D eigenvalue weighted by molar-refractivity contribution is 0.251. The summed E-state index contributed by atoms with van der Waals surface area (Å²) in [5, 5.41) is 12.0. The summed E-state index contributed by atoms with van der Waals surface area (Å²) in [5.41, 5.74) is 8.41. The van der Waals surface area contributed by atoms with E-state index in [0.29, 0.717) is 6.54 Å². The molecule has 1 atom stereocenters. The molecule has 0 saturated heterocycles. The van der Waals surface area contributed by atoms with Crippen molar-refractivity contribution in [2.45, 2.75) is 19.5 Å². The van der Waals surface area contributed by atoms with E-state index in [4.69, 9.17) is 5.73 Å². The van der Waals surface area contributed by atoms with Gasteiger partial charge in [-0.25, -0.2) is 4.79 Å². The first kappa shape index (κ1) is 13.1. The Labute approximate surface area is 111 Å². The minimum atomic E-state index is -0.261. The van der Waals surface area contributed by atoms with Crippen molar-refractivity contribution in [3.8, 4) is 0 Å². The number of aromatic nitrogens is 2. The maximum absolute atomic E-state index is 11.7. The zero-order valence-electron chi connectivity index (χ0n) is 10.7. The summed E-state index contributed by atoms with van der Waals surface area (Å²) in [7, 11) is 0. The van der Waals surface area contributed by atoms with Crippen molar-refractivity contribution in [2.75, 3.05) is 5.32 Å². The first-order valence-electron chi connectivity index (χ1n) is 6.03. The number of H-pyrrole nitrogens is 1. The standard InChI is InChI=1S/C13H17N5O/c1-9(14)11-3-2-4-12(5-11)18-13(19)15-6-10-7-16-17-8-10/h2-5,7-9H,6,14H2,1H3,(H,16,17)(H2,15,18,19). The van der Waals surface area contributed by atoms with Gasteiger partial charge in [0.15, 0.2) is 0 Å². The largest absolute Gasteiger partial charge is 0.334 e.